The zero-order valence-corrected chi connectivity index (χ0v) is 12.2. The Morgan fingerprint density at radius 3 is 2.71 bits per heavy atom. The van der Waals surface area contributed by atoms with Crippen LogP contribution in [0.15, 0.2) is 0 Å². The van der Waals surface area contributed by atoms with Crippen molar-refractivity contribution in [1.82, 2.24) is 0 Å². The first-order chi connectivity index (χ1) is 8.22. The van der Waals surface area contributed by atoms with Crippen molar-refractivity contribution < 1.29 is 13.3 Å². The summed E-state index contributed by atoms with van der Waals surface area (Å²) >= 11 is 0. The van der Waals surface area contributed by atoms with E-state index in [1.807, 2.05) is 6.92 Å². The molecule has 1 fully saturated rings. The molecule has 1 saturated heterocycles. The van der Waals surface area contributed by atoms with Gasteiger partial charge in [-0.3, -0.25) is 0 Å². The lowest BCUT2D eigenvalue weighted by molar-refractivity contribution is -0.0113. The molecule has 4 nitrogen and oxygen atoms in total. The van der Waals surface area contributed by atoms with Gasteiger partial charge in [0, 0.05) is 25.4 Å². The zero-order chi connectivity index (χ0) is 12.6. The third-order valence-corrected chi connectivity index (χ3v) is 6.13. The molecule has 0 bridgehead atoms. The molecule has 1 heterocycles. The molecule has 2 atom stereocenters. The number of nitrogens with two attached hydrogens (primary N) is 1. The molecule has 17 heavy (non-hydrogen) atoms. The Morgan fingerprint density at radius 1 is 1.29 bits per heavy atom. The maximum absolute atomic E-state index is 5.99. The van der Waals surface area contributed by atoms with Crippen LogP contribution < -0.4 is 5.73 Å². The lowest BCUT2D eigenvalue weighted by Gasteiger charge is -2.36. The van der Waals surface area contributed by atoms with Crippen LogP contribution >= 0.6 is 0 Å². The van der Waals surface area contributed by atoms with Gasteiger partial charge >= 0.3 is 8.80 Å². The molecular formula is C12H27NO3Si. The number of rotatable bonds is 8. The van der Waals surface area contributed by atoms with E-state index >= 15 is 0 Å². The normalized spacial score (nSPS) is 29.5. The molecule has 1 aliphatic rings. The van der Waals surface area contributed by atoms with Gasteiger partial charge < -0.3 is 19.0 Å². The molecule has 0 radical (unpaired) electrons. The van der Waals surface area contributed by atoms with Crippen molar-refractivity contribution in [3.8, 4) is 0 Å². The standard InChI is InChI=1S/C12H27NO3Si/c1-3-14-17(11-7-5-4-6-9-13)15-10-8-12(2)16-17/h12H,3-11,13H2,1-2H3. The summed E-state index contributed by atoms with van der Waals surface area (Å²) in [7, 11) is -2.34. The SMILES string of the molecule is CCO[Si]1(CCCCCCN)OCCC(C)O1. The first-order valence-corrected chi connectivity index (χ1v) is 8.81. The fourth-order valence-corrected chi connectivity index (χ4v) is 5.03. The van der Waals surface area contributed by atoms with Crippen molar-refractivity contribution in [3.63, 3.8) is 0 Å². The van der Waals surface area contributed by atoms with E-state index in [4.69, 9.17) is 19.0 Å². The van der Waals surface area contributed by atoms with Crippen LogP contribution in [0.4, 0.5) is 0 Å². The molecule has 1 rings (SSSR count). The van der Waals surface area contributed by atoms with Gasteiger partial charge in [0.25, 0.3) is 0 Å². The summed E-state index contributed by atoms with van der Waals surface area (Å²) in [6.07, 6.45) is 5.89. The van der Waals surface area contributed by atoms with E-state index in [-0.39, 0.29) is 6.10 Å². The Bertz CT molecular complexity index is 202. The number of unbranched alkanes of at least 4 members (excludes halogenated alkanes) is 3. The van der Waals surface area contributed by atoms with E-state index in [1.165, 1.54) is 12.8 Å². The van der Waals surface area contributed by atoms with E-state index < -0.39 is 8.80 Å². The highest BCUT2D eigenvalue weighted by Gasteiger charge is 2.44. The Labute approximate surface area is 106 Å². The minimum Gasteiger partial charge on any atom is -0.374 e. The van der Waals surface area contributed by atoms with Crippen LogP contribution in [-0.2, 0) is 13.3 Å². The van der Waals surface area contributed by atoms with Crippen LogP contribution in [-0.4, -0.2) is 34.7 Å². The lowest BCUT2D eigenvalue weighted by Crippen LogP contribution is -2.51. The van der Waals surface area contributed by atoms with Gasteiger partial charge in [-0.15, -0.1) is 0 Å². The van der Waals surface area contributed by atoms with E-state index in [2.05, 4.69) is 6.92 Å². The monoisotopic (exact) mass is 261 g/mol. The van der Waals surface area contributed by atoms with Crippen molar-refractivity contribution in [2.75, 3.05) is 19.8 Å². The number of hydrogen-bond donors (Lipinski definition) is 1. The van der Waals surface area contributed by atoms with Crippen LogP contribution in [0.1, 0.15) is 46.0 Å². The van der Waals surface area contributed by atoms with Crippen molar-refractivity contribution in [3.05, 3.63) is 0 Å². The Kier molecular flexibility index (Phi) is 7.30. The maximum Gasteiger partial charge on any atom is 0.501 e. The third-order valence-electron chi connectivity index (χ3n) is 3.03. The highest BCUT2D eigenvalue weighted by Crippen LogP contribution is 2.26. The second-order valence-electron chi connectivity index (χ2n) is 4.63. The highest BCUT2D eigenvalue weighted by atomic mass is 28.4. The van der Waals surface area contributed by atoms with Crippen molar-refractivity contribution in [1.29, 1.82) is 0 Å². The molecule has 102 valence electrons. The second kappa shape index (κ2) is 8.21. The summed E-state index contributed by atoms with van der Waals surface area (Å²) in [5.41, 5.74) is 5.48. The van der Waals surface area contributed by atoms with Crippen LogP contribution in [0.25, 0.3) is 0 Å². The summed E-state index contributed by atoms with van der Waals surface area (Å²) in [5.74, 6) is 0. The summed E-state index contributed by atoms with van der Waals surface area (Å²) < 4.78 is 17.7. The molecular weight excluding hydrogens is 234 g/mol. The van der Waals surface area contributed by atoms with E-state index in [9.17, 15) is 0 Å². The molecule has 5 heteroatoms. The molecule has 2 unspecified atom stereocenters. The highest BCUT2D eigenvalue weighted by molar-refractivity contribution is 6.60. The van der Waals surface area contributed by atoms with Gasteiger partial charge in [0.15, 0.2) is 0 Å². The first kappa shape index (κ1) is 15.1. The van der Waals surface area contributed by atoms with Crippen molar-refractivity contribution in [2.45, 2.75) is 58.1 Å². The molecule has 1 aliphatic heterocycles. The number of hydrogen-bond acceptors (Lipinski definition) is 4. The molecule has 0 amide bonds. The first-order valence-electron chi connectivity index (χ1n) is 6.88. The fourth-order valence-electron chi connectivity index (χ4n) is 2.12. The maximum atomic E-state index is 5.99. The summed E-state index contributed by atoms with van der Waals surface area (Å²) in [5, 5.41) is 0. The van der Waals surface area contributed by atoms with E-state index in [1.54, 1.807) is 0 Å². The molecule has 0 aromatic rings. The summed E-state index contributed by atoms with van der Waals surface area (Å²) in [6.45, 7) is 6.38. The van der Waals surface area contributed by atoms with Crippen molar-refractivity contribution >= 4 is 8.80 Å². The Balaban J connectivity index is 2.31. The lowest BCUT2D eigenvalue weighted by atomic mass is 10.2. The van der Waals surface area contributed by atoms with Crippen LogP contribution in [0.5, 0.6) is 0 Å². The second-order valence-corrected chi connectivity index (χ2v) is 7.31. The molecule has 0 aliphatic carbocycles. The van der Waals surface area contributed by atoms with Gasteiger partial charge in [-0.25, -0.2) is 0 Å². The van der Waals surface area contributed by atoms with Gasteiger partial charge in [-0.1, -0.05) is 12.8 Å². The minimum atomic E-state index is -2.34. The average Bonchev–Trinajstić information content (AvgIpc) is 2.29. The van der Waals surface area contributed by atoms with Crippen LogP contribution in [0.3, 0.4) is 0 Å². The van der Waals surface area contributed by atoms with Crippen LogP contribution in [0.2, 0.25) is 6.04 Å². The van der Waals surface area contributed by atoms with E-state index in [0.29, 0.717) is 6.61 Å². The molecule has 2 N–H and O–H groups in total. The Hall–Kier alpha value is 0.0569. The topological polar surface area (TPSA) is 53.7 Å². The zero-order valence-electron chi connectivity index (χ0n) is 11.2. The molecule has 0 spiro atoms. The molecule has 0 saturated carbocycles. The van der Waals surface area contributed by atoms with Crippen molar-refractivity contribution in [2.24, 2.45) is 5.73 Å². The largest absolute Gasteiger partial charge is 0.501 e. The van der Waals surface area contributed by atoms with Gasteiger partial charge in [0.2, 0.25) is 0 Å². The molecule has 0 aromatic heterocycles. The smallest absolute Gasteiger partial charge is 0.374 e. The van der Waals surface area contributed by atoms with Gasteiger partial charge in [0.05, 0.1) is 0 Å². The summed E-state index contributed by atoms with van der Waals surface area (Å²) in [6, 6.07) is 0.954. The van der Waals surface area contributed by atoms with Crippen LogP contribution in [0, 0.1) is 0 Å². The third kappa shape index (κ3) is 5.48. The Morgan fingerprint density at radius 2 is 2.06 bits per heavy atom. The minimum absolute atomic E-state index is 0.283. The summed E-state index contributed by atoms with van der Waals surface area (Å²) in [4.78, 5) is 0. The predicted molar refractivity (Wildman–Crippen MR) is 70.8 cm³/mol. The van der Waals surface area contributed by atoms with Gasteiger partial charge in [-0.05, 0) is 39.7 Å². The average molecular weight is 261 g/mol. The fraction of sp³-hybridized carbons (Fsp3) is 1.00. The predicted octanol–water partition coefficient (Wildman–Crippen LogP) is 2.31. The molecule has 0 aromatic carbocycles. The van der Waals surface area contributed by atoms with Gasteiger partial charge in [0.1, 0.15) is 0 Å². The van der Waals surface area contributed by atoms with E-state index in [0.717, 1.165) is 38.5 Å². The van der Waals surface area contributed by atoms with Gasteiger partial charge in [-0.2, -0.15) is 0 Å². The quantitative estimate of drug-likeness (QED) is 0.538.